The monoisotopic (exact) mass is 313 g/mol. The quantitative estimate of drug-likeness (QED) is 0.802. The maximum absolute atomic E-state index is 13.2. The van der Waals surface area contributed by atoms with E-state index in [1.54, 1.807) is 13.0 Å². The summed E-state index contributed by atoms with van der Waals surface area (Å²) in [7, 11) is 0. The van der Waals surface area contributed by atoms with Crippen molar-refractivity contribution in [2.24, 2.45) is 5.41 Å². The minimum Gasteiger partial charge on any atom is -0.465 e. The van der Waals surface area contributed by atoms with Crippen LogP contribution in [0.15, 0.2) is 22.7 Å². The van der Waals surface area contributed by atoms with Crippen LogP contribution in [0.25, 0.3) is 0 Å². The van der Waals surface area contributed by atoms with E-state index in [9.17, 15) is 9.18 Å². The van der Waals surface area contributed by atoms with Gasteiger partial charge in [-0.2, -0.15) is 5.26 Å². The van der Waals surface area contributed by atoms with Gasteiger partial charge in [0.25, 0.3) is 0 Å². The molecule has 0 aliphatic rings. The van der Waals surface area contributed by atoms with E-state index in [4.69, 9.17) is 10.00 Å². The Hall–Kier alpha value is -1.41. The second kappa shape index (κ2) is 5.96. The van der Waals surface area contributed by atoms with Gasteiger partial charge < -0.3 is 4.74 Å². The van der Waals surface area contributed by atoms with Gasteiger partial charge in [-0.25, -0.2) is 4.39 Å². The SMILES string of the molecule is CCOC(=O)C(C)(C#N)Cc1cc(F)ccc1Br. The van der Waals surface area contributed by atoms with Crippen molar-refractivity contribution in [2.75, 3.05) is 6.61 Å². The van der Waals surface area contributed by atoms with E-state index in [2.05, 4.69) is 15.9 Å². The number of ether oxygens (including phenoxy) is 1. The van der Waals surface area contributed by atoms with Crippen LogP contribution in [0.5, 0.6) is 0 Å². The zero-order chi connectivity index (χ0) is 13.8. The maximum Gasteiger partial charge on any atom is 0.326 e. The van der Waals surface area contributed by atoms with Crippen molar-refractivity contribution in [3.8, 4) is 6.07 Å². The number of nitriles is 1. The molecule has 0 saturated carbocycles. The Bertz CT molecular complexity index is 498. The molecule has 1 aromatic rings. The summed E-state index contributed by atoms with van der Waals surface area (Å²) in [5, 5.41) is 9.14. The van der Waals surface area contributed by atoms with Gasteiger partial charge in [0.1, 0.15) is 5.82 Å². The minimum absolute atomic E-state index is 0.0979. The smallest absolute Gasteiger partial charge is 0.326 e. The first kappa shape index (κ1) is 14.7. The van der Waals surface area contributed by atoms with Gasteiger partial charge in [0.05, 0.1) is 12.7 Å². The molecule has 0 radical (unpaired) electrons. The lowest BCUT2D eigenvalue weighted by Crippen LogP contribution is -2.30. The van der Waals surface area contributed by atoms with E-state index in [0.29, 0.717) is 10.0 Å². The van der Waals surface area contributed by atoms with Gasteiger partial charge in [0.2, 0.25) is 0 Å². The van der Waals surface area contributed by atoms with Crippen LogP contribution in [-0.2, 0) is 16.0 Å². The van der Waals surface area contributed by atoms with Crippen molar-refractivity contribution < 1.29 is 13.9 Å². The summed E-state index contributed by atoms with van der Waals surface area (Å²) in [4.78, 5) is 11.7. The van der Waals surface area contributed by atoms with E-state index in [-0.39, 0.29) is 13.0 Å². The summed E-state index contributed by atoms with van der Waals surface area (Å²) >= 11 is 3.27. The third-order valence-electron chi connectivity index (χ3n) is 2.52. The number of halogens is 2. The molecule has 0 fully saturated rings. The Labute approximate surface area is 114 Å². The molecule has 0 aromatic heterocycles. The molecule has 1 aromatic carbocycles. The molecule has 1 unspecified atom stereocenters. The number of hydrogen-bond acceptors (Lipinski definition) is 3. The van der Waals surface area contributed by atoms with Crippen LogP contribution in [0.1, 0.15) is 19.4 Å². The fraction of sp³-hybridized carbons (Fsp3) is 0.385. The highest BCUT2D eigenvalue weighted by molar-refractivity contribution is 9.10. The molecule has 0 spiro atoms. The summed E-state index contributed by atoms with van der Waals surface area (Å²) in [6, 6.07) is 6.10. The summed E-state index contributed by atoms with van der Waals surface area (Å²) in [5.74, 6) is -0.999. The number of esters is 1. The molecular formula is C13H13BrFNO2. The van der Waals surface area contributed by atoms with Crippen molar-refractivity contribution >= 4 is 21.9 Å². The molecule has 1 rings (SSSR count). The maximum atomic E-state index is 13.2. The molecule has 96 valence electrons. The number of benzene rings is 1. The van der Waals surface area contributed by atoms with Crippen LogP contribution in [0.2, 0.25) is 0 Å². The zero-order valence-corrected chi connectivity index (χ0v) is 11.8. The van der Waals surface area contributed by atoms with Crippen molar-refractivity contribution in [1.82, 2.24) is 0 Å². The highest BCUT2D eigenvalue weighted by atomic mass is 79.9. The molecule has 0 saturated heterocycles. The Kier molecular flexibility index (Phi) is 4.85. The lowest BCUT2D eigenvalue weighted by Gasteiger charge is -2.20. The predicted molar refractivity (Wildman–Crippen MR) is 68.2 cm³/mol. The third-order valence-corrected chi connectivity index (χ3v) is 3.30. The number of carbonyl (C=O) groups is 1. The first-order valence-electron chi connectivity index (χ1n) is 5.45. The molecule has 0 N–H and O–H groups in total. The van der Waals surface area contributed by atoms with Crippen LogP contribution in [0, 0.1) is 22.6 Å². The topological polar surface area (TPSA) is 50.1 Å². The van der Waals surface area contributed by atoms with E-state index >= 15 is 0 Å². The van der Waals surface area contributed by atoms with Gasteiger partial charge in [-0.1, -0.05) is 15.9 Å². The fourth-order valence-corrected chi connectivity index (χ4v) is 1.89. The van der Waals surface area contributed by atoms with Crippen LogP contribution >= 0.6 is 15.9 Å². The Morgan fingerprint density at radius 1 is 1.61 bits per heavy atom. The van der Waals surface area contributed by atoms with Gasteiger partial charge in [-0.3, -0.25) is 4.79 Å². The van der Waals surface area contributed by atoms with Crippen molar-refractivity contribution in [3.05, 3.63) is 34.1 Å². The standard InChI is InChI=1S/C13H13BrFNO2/c1-3-18-12(17)13(2,8-16)7-9-6-10(15)4-5-11(9)14/h4-6H,3,7H2,1-2H3. The average Bonchev–Trinajstić information content (AvgIpc) is 2.34. The molecule has 0 heterocycles. The lowest BCUT2D eigenvalue weighted by molar-refractivity contribution is -0.151. The van der Waals surface area contributed by atoms with Crippen molar-refractivity contribution in [1.29, 1.82) is 5.26 Å². The van der Waals surface area contributed by atoms with Crippen molar-refractivity contribution in [3.63, 3.8) is 0 Å². The van der Waals surface area contributed by atoms with Crippen LogP contribution < -0.4 is 0 Å². The van der Waals surface area contributed by atoms with E-state index < -0.39 is 17.2 Å². The number of nitrogens with zero attached hydrogens (tertiary/aromatic N) is 1. The highest BCUT2D eigenvalue weighted by Crippen LogP contribution is 2.28. The van der Waals surface area contributed by atoms with E-state index in [1.807, 2.05) is 6.07 Å². The third kappa shape index (κ3) is 3.30. The van der Waals surface area contributed by atoms with E-state index in [1.165, 1.54) is 19.1 Å². The first-order chi connectivity index (χ1) is 8.42. The van der Waals surface area contributed by atoms with Crippen LogP contribution in [-0.4, -0.2) is 12.6 Å². The number of hydrogen-bond donors (Lipinski definition) is 0. The minimum atomic E-state index is -1.31. The van der Waals surface area contributed by atoms with Gasteiger partial charge in [0, 0.05) is 10.9 Å². The lowest BCUT2D eigenvalue weighted by atomic mass is 9.85. The Morgan fingerprint density at radius 2 is 2.28 bits per heavy atom. The van der Waals surface area contributed by atoms with Crippen LogP contribution in [0.3, 0.4) is 0 Å². The molecular weight excluding hydrogens is 301 g/mol. The molecule has 3 nitrogen and oxygen atoms in total. The second-order valence-electron chi connectivity index (χ2n) is 4.08. The second-order valence-corrected chi connectivity index (χ2v) is 4.93. The highest BCUT2D eigenvalue weighted by Gasteiger charge is 2.35. The molecule has 0 bridgehead atoms. The number of carbonyl (C=O) groups excluding carboxylic acids is 1. The van der Waals surface area contributed by atoms with Gasteiger partial charge in [-0.15, -0.1) is 0 Å². The fourth-order valence-electron chi connectivity index (χ4n) is 1.51. The largest absolute Gasteiger partial charge is 0.465 e. The molecule has 0 amide bonds. The normalized spacial score (nSPS) is 13.5. The molecule has 0 aliphatic carbocycles. The Balaban J connectivity index is 3.02. The van der Waals surface area contributed by atoms with Crippen LogP contribution in [0.4, 0.5) is 4.39 Å². The predicted octanol–water partition coefficient (Wildman–Crippen LogP) is 3.22. The number of rotatable bonds is 4. The molecule has 18 heavy (non-hydrogen) atoms. The molecule has 1 atom stereocenters. The molecule has 5 heteroatoms. The van der Waals surface area contributed by atoms with Gasteiger partial charge >= 0.3 is 5.97 Å². The van der Waals surface area contributed by atoms with Crippen molar-refractivity contribution in [2.45, 2.75) is 20.3 Å². The molecule has 0 aliphatic heterocycles. The summed E-state index contributed by atoms with van der Waals surface area (Å²) in [6.07, 6.45) is 0.0979. The Morgan fingerprint density at radius 3 is 2.83 bits per heavy atom. The zero-order valence-electron chi connectivity index (χ0n) is 10.2. The summed E-state index contributed by atoms with van der Waals surface area (Å²) < 4.78 is 18.7. The van der Waals surface area contributed by atoms with Gasteiger partial charge in [0.15, 0.2) is 5.41 Å². The van der Waals surface area contributed by atoms with E-state index in [0.717, 1.165) is 0 Å². The summed E-state index contributed by atoms with van der Waals surface area (Å²) in [5.41, 5.74) is -0.751. The summed E-state index contributed by atoms with van der Waals surface area (Å²) in [6.45, 7) is 3.37. The first-order valence-corrected chi connectivity index (χ1v) is 6.24. The van der Waals surface area contributed by atoms with Gasteiger partial charge in [-0.05, 0) is 37.6 Å². The average molecular weight is 314 g/mol.